The molecule has 1 heterocycles. The third-order valence-electron chi connectivity index (χ3n) is 5.50. The van der Waals surface area contributed by atoms with E-state index < -0.39 is 6.04 Å². The number of carbonyl (C=O) groups excluding carboxylic acids is 3. The summed E-state index contributed by atoms with van der Waals surface area (Å²) < 4.78 is 0. The van der Waals surface area contributed by atoms with Crippen molar-refractivity contribution in [1.82, 2.24) is 15.1 Å². The molecule has 1 fully saturated rings. The molecule has 164 valence electrons. The van der Waals surface area contributed by atoms with Crippen molar-refractivity contribution in [1.29, 1.82) is 0 Å². The van der Waals surface area contributed by atoms with E-state index in [2.05, 4.69) is 10.3 Å². The molecule has 1 saturated heterocycles. The number of amides is 3. The Morgan fingerprint density at radius 3 is 2.63 bits per heavy atom. The number of likely N-dealkylation sites (N-methyl/N-ethyl adjacent to an activating group) is 1. The number of hydrogen-bond acceptors (Lipinski definition) is 5. The summed E-state index contributed by atoms with van der Waals surface area (Å²) in [6, 6.07) is 9.41. The van der Waals surface area contributed by atoms with E-state index in [1.165, 1.54) is 0 Å². The summed E-state index contributed by atoms with van der Waals surface area (Å²) in [4.78, 5) is 44.8. The fourth-order valence-electron chi connectivity index (χ4n) is 3.54. The Kier molecular flexibility index (Phi) is 9.14. The zero-order valence-corrected chi connectivity index (χ0v) is 18.1. The number of carbonyl (C=O) groups is 3. The Balaban J connectivity index is 2.05. The van der Waals surface area contributed by atoms with Gasteiger partial charge in [-0.25, -0.2) is 4.99 Å². The van der Waals surface area contributed by atoms with E-state index in [1.807, 2.05) is 30.3 Å². The highest BCUT2D eigenvalue weighted by molar-refractivity contribution is 6.39. The molecule has 0 bridgehead atoms. The van der Waals surface area contributed by atoms with Crippen LogP contribution in [0.15, 0.2) is 35.3 Å². The first-order valence-electron chi connectivity index (χ1n) is 10.5. The van der Waals surface area contributed by atoms with Gasteiger partial charge in [0.15, 0.2) is 0 Å². The summed E-state index contributed by atoms with van der Waals surface area (Å²) in [6.45, 7) is 4.77. The number of nitrogens with zero attached hydrogens (tertiary/aromatic N) is 3. The van der Waals surface area contributed by atoms with Crippen LogP contribution < -0.4 is 11.1 Å². The third kappa shape index (κ3) is 6.47. The van der Waals surface area contributed by atoms with Crippen molar-refractivity contribution in [3.63, 3.8) is 0 Å². The molecule has 0 saturated carbocycles. The highest BCUT2D eigenvalue weighted by Crippen LogP contribution is 2.19. The molecular formula is C22H33N5O3. The SMILES string of the molecule is CN[C@@H](C)C(=O)/N=C(\C)C(=O)N1CCC[C@H]1CN(CCc1ccccc1)C(=O)CN. The summed E-state index contributed by atoms with van der Waals surface area (Å²) in [6.07, 6.45) is 2.39. The Morgan fingerprint density at radius 2 is 2.00 bits per heavy atom. The molecule has 3 N–H and O–H groups in total. The average molecular weight is 416 g/mol. The lowest BCUT2D eigenvalue weighted by Gasteiger charge is -2.31. The number of rotatable bonds is 9. The molecule has 1 aromatic carbocycles. The molecular weight excluding hydrogens is 382 g/mol. The van der Waals surface area contributed by atoms with Crippen molar-refractivity contribution in [2.75, 3.05) is 33.2 Å². The maximum absolute atomic E-state index is 12.9. The first-order chi connectivity index (χ1) is 14.4. The minimum atomic E-state index is -0.447. The number of nitrogens with one attached hydrogen (secondary N) is 1. The highest BCUT2D eigenvalue weighted by Gasteiger charge is 2.32. The van der Waals surface area contributed by atoms with E-state index in [-0.39, 0.29) is 36.0 Å². The predicted molar refractivity (Wildman–Crippen MR) is 117 cm³/mol. The summed E-state index contributed by atoms with van der Waals surface area (Å²) in [7, 11) is 1.67. The van der Waals surface area contributed by atoms with E-state index in [4.69, 9.17) is 5.73 Å². The van der Waals surface area contributed by atoms with E-state index in [1.54, 1.807) is 30.7 Å². The number of hydrogen-bond donors (Lipinski definition) is 2. The first kappa shape index (κ1) is 23.7. The van der Waals surface area contributed by atoms with E-state index in [0.29, 0.717) is 19.6 Å². The van der Waals surface area contributed by atoms with Gasteiger partial charge in [0.1, 0.15) is 5.71 Å². The number of nitrogens with two attached hydrogens (primary N) is 1. The largest absolute Gasteiger partial charge is 0.339 e. The molecule has 2 atom stereocenters. The molecule has 0 radical (unpaired) electrons. The van der Waals surface area contributed by atoms with Gasteiger partial charge < -0.3 is 20.9 Å². The van der Waals surface area contributed by atoms with Gasteiger partial charge in [0.05, 0.1) is 12.6 Å². The first-order valence-corrected chi connectivity index (χ1v) is 10.5. The van der Waals surface area contributed by atoms with Gasteiger partial charge in [0, 0.05) is 25.7 Å². The van der Waals surface area contributed by atoms with Gasteiger partial charge in [-0.1, -0.05) is 30.3 Å². The van der Waals surface area contributed by atoms with Crippen LogP contribution in [-0.2, 0) is 20.8 Å². The van der Waals surface area contributed by atoms with Crippen LogP contribution in [0.4, 0.5) is 0 Å². The molecule has 1 aliphatic heterocycles. The smallest absolute Gasteiger partial charge is 0.268 e. The lowest BCUT2D eigenvalue weighted by Crippen LogP contribution is -2.48. The lowest BCUT2D eigenvalue weighted by molar-refractivity contribution is -0.132. The molecule has 30 heavy (non-hydrogen) atoms. The van der Waals surface area contributed by atoms with Crippen LogP contribution in [0.5, 0.6) is 0 Å². The molecule has 2 rings (SSSR count). The van der Waals surface area contributed by atoms with Crippen LogP contribution in [0, 0.1) is 0 Å². The molecule has 0 aromatic heterocycles. The van der Waals surface area contributed by atoms with Gasteiger partial charge in [-0.2, -0.15) is 0 Å². The van der Waals surface area contributed by atoms with Crippen LogP contribution >= 0.6 is 0 Å². The molecule has 8 heteroatoms. The second-order valence-corrected chi connectivity index (χ2v) is 7.62. The Morgan fingerprint density at radius 1 is 1.30 bits per heavy atom. The molecule has 0 spiro atoms. The van der Waals surface area contributed by atoms with Crippen molar-refractivity contribution in [2.24, 2.45) is 10.7 Å². The van der Waals surface area contributed by atoms with Gasteiger partial charge in [-0.15, -0.1) is 0 Å². The van der Waals surface area contributed by atoms with Crippen molar-refractivity contribution < 1.29 is 14.4 Å². The van der Waals surface area contributed by atoms with Crippen LogP contribution in [-0.4, -0.2) is 78.5 Å². The third-order valence-corrected chi connectivity index (χ3v) is 5.50. The molecule has 0 unspecified atom stereocenters. The minimum absolute atomic E-state index is 0.0631. The number of aliphatic imine (C=N–C) groups is 1. The minimum Gasteiger partial charge on any atom is -0.339 e. The number of benzene rings is 1. The van der Waals surface area contributed by atoms with E-state index in [0.717, 1.165) is 24.8 Å². The van der Waals surface area contributed by atoms with Gasteiger partial charge in [0.2, 0.25) is 5.91 Å². The van der Waals surface area contributed by atoms with E-state index in [9.17, 15) is 14.4 Å². The predicted octanol–water partition coefficient (Wildman–Crippen LogP) is 0.603. The topological polar surface area (TPSA) is 108 Å². The molecule has 0 aliphatic carbocycles. The van der Waals surface area contributed by atoms with Crippen LogP contribution in [0.3, 0.4) is 0 Å². The van der Waals surface area contributed by atoms with Gasteiger partial charge in [-0.05, 0) is 45.7 Å². The Hall–Kier alpha value is -2.58. The summed E-state index contributed by atoms with van der Waals surface area (Å²) in [5, 5.41) is 2.82. The van der Waals surface area contributed by atoms with Gasteiger partial charge >= 0.3 is 0 Å². The molecule has 1 aromatic rings. The monoisotopic (exact) mass is 415 g/mol. The van der Waals surface area contributed by atoms with Crippen molar-refractivity contribution in [2.45, 2.75) is 45.2 Å². The van der Waals surface area contributed by atoms with Crippen LogP contribution in [0.1, 0.15) is 32.3 Å². The fourth-order valence-corrected chi connectivity index (χ4v) is 3.54. The Labute approximate surface area is 178 Å². The standard InChI is InChI=1S/C22H33N5O3/c1-16(24-3)21(29)25-17(2)22(30)27-12-7-10-19(27)15-26(20(28)14-23)13-11-18-8-5-4-6-9-18/h4-6,8-9,16,19,24H,7,10-15,23H2,1-3H3/b25-17+/t16-,19-/m0/s1. The quantitative estimate of drug-likeness (QED) is 0.575. The van der Waals surface area contributed by atoms with Crippen molar-refractivity contribution in [3.8, 4) is 0 Å². The summed E-state index contributed by atoms with van der Waals surface area (Å²) in [5.74, 6) is -0.757. The highest BCUT2D eigenvalue weighted by atomic mass is 16.2. The fraction of sp³-hybridized carbons (Fsp3) is 0.545. The lowest BCUT2D eigenvalue weighted by atomic mass is 10.1. The van der Waals surface area contributed by atoms with E-state index >= 15 is 0 Å². The normalized spacial score (nSPS) is 17.7. The van der Waals surface area contributed by atoms with Gasteiger partial charge in [-0.3, -0.25) is 14.4 Å². The average Bonchev–Trinajstić information content (AvgIpc) is 3.23. The van der Waals surface area contributed by atoms with Crippen LogP contribution in [0.2, 0.25) is 0 Å². The zero-order chi connectivity index (χ0) is 22.1. The summed E-state index contributed by atoms with van der Waals surface area (Å²) >= 11 is 0. The maximum Gasteiger partial charge on any atom is 0.268 e. The second kappa shape index (κ2) is 11.6. The van der Waals surface area contributed by atoms with Gasteiger partial charge in [0.25, 0.3) is 11.8 Å². The van der Waals surface area contributed by atoms with Crippen LogP contribution in [0.25, 0.3) is 0 Å². The molecule has 8 nitrogen and oxygen atoms in total. The summed E-state index contributed by atoms with van der Waals surface area (Å²) in [5.41, 5.74) is 6.94. The molecule has 1 aliphatic rings. The van der Waals surface area contributed by atoms with Crippen molar-refractivity contribution in [3.05, 3.63) is 35.9 Å². The Bertz CT molecular complexity index is 765. The number of likely N-dealkylation sites (tertiary alicyclic amines) is 1. The zero-order valence-electron chi connectivity index (χ0n) is 18.1. The maximum atomic E-state index is 12.9. The molecule has 3 amide bonds. The van der Waals surface area contributed by atoms with Crippen molar-refractivity contribution >= 4 is 23.4 Å². The second-order valence-electron chi connectivity index (χ2n) is 7.62.